The van der Waals surface area contributed by atoms with Gasteiger partial charge in [0, 0.05) is 6.61 Å². The van der Waals surface area contributed by atoms with Crippen molar-refractivity contribution in [3.63, 3.8) is 0 Å². The van der Waals surface area contributed by atoms with Gasteiger partial charge in [-0.25, -0.2) is 0 Å². The molecule has 0 bridgehead atoms. The summed E-state index contributed by atoms with van der Waals surface area (Å²) in [5.74, 6) is 0.889. The molecule has 33 heavy (non-hydrogen) atoms. The Labute approximate surface area is 203 Å². The van der Waals surface area contributed by atoms with E-state index >= 15 is 0 Å². The van der Waals surface area contributed by atoms with Crippen LogP contribution in [0.1, 0.15) is 71.6 Å². The maximum absolute atomic E-state index is 5.92. The molecule has 7 nitrogen and oxygen atoms in total. The molecule has 1 aliphatic rings. The Bertz CT molecular complexity index is 366. The fraction of sp³-hybridized carbons (Fsp3) is 1.00. The summed E-state index contributed by atoms with van der Waals surface area (Å²) in [4.78, 5) is 0. The monoisotopic (exact) mass is 476 g/mol. The van der Waals surface area contributed by atoms with Gasteiger partial charge in [-0.1, -0.05) is 65.2 Å². The first-order valence-electron chi connectivity index (χ1n) is 13.4. The van der Waals surface area contributed by atoms with Gasteiger partial charge in [-0.05, 0) is 12.3 Å². The average molecular weight is 477 g/mol. The van der Waals surface area contributed by atoms with Crippen molar-refractivity contribution >= 4 is 0 Å². The van der Waals surface area contributed by atoms with Crippen molar-refractivity contribution in [2.24, 2.45) is 5.92 Å². The molecule has 1 saturated heterocycles. The topological polar surface area (TPSA) is 64.6 Å². The van der Waals surface area contributed by atoms with Gasteiger partial charge in [0.15, 0.2) is 0 Å². The van der Waals surface area contributed by atoms with Gasteiger partial charge in [0.1, 0.15) is 6.10 Å². The largest absolute Gasteiger partial charge is 0.379 e. The van der Waals surface area contributed by atoms with Crippen molar-refractivity contribution in [3.8, 4) is 0 Å². The van der Waals surface area contributed by atoms with E-state index in [0.29, 0.717) is 79.3 Å². The molecule has 0 aliphatic carbocycles. The Morgan fingerprint density at radius 1 is 0.636 bits per heavy atom. The molecule has 0 spiro atoms. The minimum Gasteiger partial charge on any atom is -0.379 e. The fourth-order valence-corrected chi connectivity index (χ4v) is 3.51. The third-order valence-electron chi connectivity index (χ3n) is 5.86. The molecule has 1 fully saturated rings. The van der Waals surface area contributed by atoms with Crippen molar-refractivity contribution < 1.29 is 33.2 Å². The second-order valence-electron chi connectivity index (χ2n) is 8.87. The zero-order chi connectivity index (χ0) is 23.7. The van der Waals surface area contributed by atoms with Gasteiger partial charge in [-0.3, -0.25) is 0 Å². The molecule has 1 heterocycles. The summed E-state index contributed by atoms with van der Waals surface area (Å²) in [6, 6.07) is 0. The molecular weight excluding hydrogens is 424 g/mol. The standard InChI is InChI=1S/C26H52O7/c1-3-25(2)11-9-7-5-4-6-8-10-12-31-23-26-24-32-20-19-29-16-15-27-13-14-28-17-18-30-21-22-33-26/h25-26H,3-24H2,1-2H3. The summed E-state index contributed by atoms with van der Waals surface area (Å²) < 4.78 is 39.5. The number of rotatable bonds is 13. The van der Waals surface area contributed by atoms with Crippen molar-refractivity contribution in [1.29, 1.82) is 0 Å². The third-order valence-corrected chi connectivity index (χ3v) is 5.86. The number of hydrogen-bond donors (Lipinski definition) is 0. The molecule has 2 atom stereocenters. The van der Waals surface area contributed by atoms with E-state index in [1.807, 2.05) is 0 Å². The summed E-state index contributed by atoms with van der Waals surface area (Å²) in [6.45, 7) is 12.0. The molecule has 0 N–H and O–H groups in total. The predicted molar refractivity (Wildman–Crippen MR) is 131 cm³/mol. The molecule has 2 unspecified atom stereocenters. The highest BCUT2D eigenvalue weighted by molar-refractivity contribution is 4.57. The number of hydrogen-bond acceptors (Lipinski definition) is 7. The van der Waals surface area contributed by atoms with Gasteiger partial charge in [-0.15, -0.1) is 0 Å². The van der Waals surface area contributed by atoms with E-state index in [1.54, 1.807) is 0 Å². The molecular formula is C26H52O7. The van der Waals surface area contributed by atoms with Crippen LogP contribution in [0.2, 0.25) is 0 Å². The summed E-state index contributed by atoms with van der Waals surface area (Å²) >= 11 is 0. The lowest BCUT2D eigenvalue weighted by Gasteiger charge is -2.19. The van der Waals surface area contributed by atoms with Crippen LogP contribution in [0.4, 0.5) is 0 Å². The smallest absolute Gasteiger partial charge is 0.104 e. The summed E-state index contributed by atoms with van der Waals surface area (Å²) in [5.41, 5.74) is 0. The van der Waals surface area contributed by atoms with Crippen LogP contribution in [0.5, 0.6) is 0 Å². The first kappa shape index (κ1) is 30.8. The minimum absolute atomic E-state index is 0.0856. The molecule has 7 heteroatoms. The van der Waals surface area contributed by atoms with Crippen molar-refractivity contribution in [2.75, 3.05) is 85.9 Å². The highest BCUT2D eigenvalue weighted by atomic mass is 16.6. The lowest BCUT2D eigenvalue weighted by Crippen LogP contribution is -2.28. The Morgan fingerprint density at radius 2 is 1.12 bits per heavy atom. The Hall–Kier alpha value is -0.280. The normalized spacial score (nSPS) is 21.8. The van der Waals surface area contributed by atoms with Gasteiger partial charge in [0.25, 0.3) is 0 Å². The van der Waals surface area contributed by atoms with Crippen LogP contribution in [-0.4, -0.2) is 92.0 Å². The van der Waals surface area contributed by atoms with Crippen LogP contribution in [0, 0.1) is 5.92 Å². The zero-order valence-electron chi connectivity index (χ0n) is 21.6. The Morgan fingerprint density at radius 3 is 1.70 bits per heavy atom. The van der Waals surface area contributed by atoms with Crippen LogP contribution >= 0.6 is 0 Å². The molecule has 0 aromatic carbocycles. The molecule has 1 aliphatic heterocycles. The molecule has 198 valence electrons. The van der Waals surface area contributed by atoms with Gasteiger partial charge in [-0.2, -0.15) is 0 Å². The van der Waals surface area contributed by atoms with Crippen molar-refractivity contribution in [1.82, 2.24) is 0 Å². The van der Waals surface area contributed by atoms with Crippen LogP contribution in [-0.2, 0) is 33.2 Å². The van der Waals surface area contributed by atoms with Gasteiger partial charge in [0.2, 0.25) is 0 Å². The van der Waals surface area contributed by atoms with Crippen LogP contribution in [0.25, 0.3) is 0 Å². The zero-order valence-corrected chi connectivity index (χ0v) is 21.6. The summed E-state index contributed by atoms with van der Waals surface area (Å²) in [5, 5.41) is 0. The SMILES string of the molecule is CCC(C)CCCCCCCCCOCC1COCCOCCOCCOCCOCCO1. The summed E-state index contributed by atoms with van der Waals surface area (Å²) in [6.07, 6.45) is 11.8. The second-order valence-corrected chi connectivity index (χ2v) is 8.87. The van der Waals surface area contributed by atoms with E-state index in [-0.39, 0.29) is 6.10 Å². The minimum atomic E-state index is -0.0856. The third kappa shape index (κ3) is 22.0. The lowest BCUT2D eigenvalue weighted by molar-refractivity contribution is -0.0846. The maximum Gasteiger partial charge on any atom is 0.104 e. The van der Waals surface area contributed by atoms with Gasteiger partial charge < -0.3 is 33.2 Å². The van der Waals surface area contributed by atoms with E-state index in [9.17, 15) is 0 Å². The van der Waals surface area contributed by atoms with Crippen LogP contribution in [0.15, 0.2) is 0 Å². The van der Waals surface area contributed by atoms with Crippen LogP contribution in [0.3, 0.4) is 0 Å². The van der Waals surface area contributed by atoms with E-state index in [4.69, 9.17) is 33.2 Å². The van der Waals surface area contributed by atoms with Gasteiger partial charge >= 0.3 is 0 Å². The molecule has 0 saturated carbocycles. The van der Waals surface area contributed by atoms with E-state index in [0.717, 1.165) is 18.9 Å². The Balaban J connectivity index is 2.06. The average Bonchev–Trinajstić information content (AvgIpc) is 2.83. The van der Waals surface area contributed by atoms with Crippen LogP contribution < -0.4 is 0 Å². The molecule has 0 radical (unpaired) electrons. The van der Waals surface area contributed by atoms with E-state index < -0.39 is 0 Å². The predicted octanol–water partition coefficient (Wildman–Crippen LogP) is 4.65. The highest BCUT2D eigenvalue weighted by Gasteiger charge is 2.10. The maximum atomic E-state index is 5.92. The molecule has 0 amide bonds. The molecule has 0 aromatic rings. The number of unbranched alkanes of at least 4 members (excludes halogenated alkanes) is 6. The van der Waals surface area contributed by atoms with E-state index in [1.165, 1.54) is 51.4 Å². The first-order chi connectivity index (χ1) is 16.3. The molecule has 0 aromatic heterocycles. The highest BCUT2D eigenvalue weighted by Crippen LogP contribution is 2.14. The van der Waals surface area contributed by atoms with Gasteiger partial charge in [0.05, 0.1) is 79.3 Å². The number of ether oxygens (including phenoxy) is 7. The summed E-state index contributed by atoms with van der Waals surface area (Å²) in [7, 11) is 0. The Kier molecular flexibility index (Phi) is 23.1. The van der Waals surface area contributed by atoms with Crippen molar-refractivity contribution in [3.05, 3.63) is 0 Å². The quantitative estimate of drug-likeness (QED) is 0.359. The molecule has 1 rings (SSSR count). The lowest BCUT2D eigenvalue weighted by atomic mass is 10.00. The first-order valence-corrected chi connectivity index (χ1v) is 13.4. The van der Waals surface area contributed by atoms with E-state index in [2.05, 4.69) is 13.8 Å². The second kappa shape index (κ2) is 24.8. The van der Waals surface area contributed by atoms with Crippen molar-refractivity contribution in [2.45, 2.75) is 77.7 Å². The fourth-order valence-electron chi connectivity index (χ4n) is 3.51.